The smallest absolute Gasteiger partial charge is 0.285 e. The molecule has 1 aliphatic rings. The van der Waals surface area contributed by atoms with Gasteiger partial charge in [0.05, 0.1) is 18.1 Å². The van der Waals surface area contributed by atoms with E-state index in [1.807, 2.05) is 19.9 Å². The highest BCUT2D eigenvalue weighted by atomic mass is 28.4. The fourth-order valence-electron chi connectivity index (χ4n) is 5.92. The number of nitrogens with zero attached hydrogens (tertiary/aromatic N) is 3. The van der Waals surface area contributed by atoms with Crippen LogP contribution in [0.15, 0.2) is 36.7 Å². The van der Waals surface area contributed by atoms with Crippen molar-refractivity contribution in [3.05, 3.63) is 63.5 Å². The second-order valence-electron chi connectivity index (χ2n) is 11.0. The number of aromatic nitrogens is 1. The average molecular weight is 540 g/mol. The van der Waals surface area contributed by atoms with E-state index < -0.39 is 13.2 Å². The van der Waals surface area contributed by atoms with E-state index in [1.165, 1.54) is 6.07 Å². The van der Waals surface area contributed by atoms with E-state index in [9.17, 15) is 14.9 Å². The number of nitro groups is 1. The fourth-order valence-corrected chi connectivity index (χ4v) is 11.2. The first-order valence-electron chi connectivity index (χ1n) is 13.4. The normalized spacial score (nSPS) is 15.8. The third-order valence-electron chi connectivity index (χ3n) is 7.88. The minimum Gasteiger partial charge on any atom is -0.542 e. The van der Waals surface area contributed by atoms with Crippen molar-refractivity contribution in [3.8, 4) is 11.6 Å². The Morgan fingerprint density at radius 2 is 1.79 bits per heavy atom. The molecule has 2 heterocycles. The number of rotatable bonds is 10. The minimum atomic E-state index is -2.34. The third-order valence-corrected chi connectivity index (χ3v) is 13.9. The van der Waals surface area contributed by atoms with E-state index >= 15 is 0 Å². The highest BCUT2D eigenvalue weighted by Gasteiger charge is 2.47. The van der Waals surface area contributed by atoms with Gasteiger partial charge in [-0.3, -0.25) is 14.9 Å². The summed E-state index contributed by atoms with van der Waals surface area (Å²) in [6.07, 6.45) is 4.89. The number of benzene rings is 1. The van der Waals surface area contributed by atoms with Crippen molar-refractivity contribution < 1.29 is 18.9 Å². The zero-order valence-corrected chi connectivity index (χ0v) is 25.1. The molecule has 0 bridgehead atoms. The number of carbonyl (C=O) groups excluding carboxylic acids is 1. The molecule has 1 aromatic heterocycles. The van der Waals surface area contributed by atoms with Gasteiger partial charge in [0.15, 0.2) is 0 Å². The Morgan fingerprint density at radius 1 is 1.16 bits per heavy atom. The third kappa shape index (κ3) is 5.48. The SMILES string of the molecule is CC[C@@H]1CC(c2ccc(OC)nc2)=CN1C(=O)c1cc(C)c(O[Si](C(C)C)(C(C)C)C(C)C)cc1[N+](=O)[O-]. The summed E-state index contributed by atoms with van der Waals surface area (Å²) in [5, 5.41) is 12.2. The summed E-state index contributed by atoms with van der Waals surface area (Å²) in [4.78, 5) is 31.5. The molecule has 1 atom stereocenters. The van der Waals surface area contributed by atoms with E-state index in [0.29, 0.717) is 41.1 Å². The molecule has 2 aromatic rings. The van der Waals surface area contributed by atoms with Gasteiger partial charge in [-0.15, -0.1) is 0 Å². The average Bonchev–Trinajstić information content (AvgIpc) is 3.31. The lowest BCUT2D eigenvalue weighted by Gasteiger charge is -2.42. The summed E-state index contributed by atoms with van der Waals surface area (Å²) >= 11 is 0. The molecule has 0 unspecified atom stereocenters. The second-order valence-corrected chi connectivity index (χ2v) is 16.4. The Bertz CT molecular complexity index is 1190. The Labute approximate surface area is 227 Å². The van der Waals surface area contributed by atoms with Crippen LogP contribution in [-0.2, 0) is 0 Å². The lowest BCUT2D eigenvalue weighted by atomic mass is 10.0. The molecular weight excluding hydrogens is 498 g/mol. The summed E-state index contributed by atoms with van der Waals surface area (Å²) in [5.41, 5.74) is 3.38. The highest BCUT2D eigenvalue weighted by Crippen LogP contribution is 2.44. The van der Waals surface area contributed by atoms with Crippen LogP contribution in [0.2, 0.25) is 16.6 Å². The lowest BCUT2D eigenvalue weighted by molar-refractivity contribution is -0.385. The quantitative estimate of drug-likeness (QED) is 0.176. The highest BCUT2D eigenvalue weighted by molar-refractivity contribution is 6.78. The summed E-state index contributed by atoms with van der Waals surface area (Å²) in [6, 6.07) is 6.68. The maximum atomic E-state index is 13.8. The van der Waals surface area contributed by atoms with Crippen molar-refractivity contribution in [3.63, 3.8) is 0 Å². The predicted molar refractivity (Wildman–Crippen MR) is 153 cm³/mol. The molecule has 0 spiro atoms. The van der Waals surface area contributed by atoms with Crippen LogP contribution >= 0.6 is 0 Å². The number of hydrogen-bond donors (Lipinski definition) is 0. The number of aryl methyl sites for hydroxylation is 1. The Hall–Kier alpha value is -3.20. The van der Waals surface area contributed by atoms with Crippen molar-refractivity contribution in [2.24, 2.45) is 0 Å². The maximum Gasteiger partial charge on any atom is 0.285 e. The van der Waals surface area contributed by atoms with Gasteiger partial charge in [0.2, 0.25) is 5.88 Å². The minimum absolute atomic E-state index is 0.0783. The standard InChI is InChI=1S/C29H41N3O5Si/c1-10-24-14-23(22-11-12-28(36-9)30-16-22)17-31(24)29(33)25-13-21(8)27(15-26(25)32(34)35)37-38(18(2)3,19(4)5)20(6)7/h11-13,15-20,24H,10,14H2,1-9H3/t24-/m1/s1. The van der Waals surface area contributed by atoms with Crippen LogP contribution < -0.4 is 9.16 Å². The molecule has 0 saturated heterocycles. The van der Waals surface area contributed by atoms with Gasteiger partial charge in [0.25, 0.3) is 19.9 Å². The van der Waals surface area contributed by atoms with Gasteiger partial charge in [-0.2, -0.15) is 0 Å². The lowest BCUT2D eigenvalue weighted by Crippen LogP contribution is -2.50. The van der Waals surface area contributed by atoms with Crippen molar-refractivity contribution in [1.29, 1.82) is 0 Å². The summed E-state index contributed by atoms with van der Waals surface area (Å²) in [7, 11) is -0.779. The molecule has 206 valence electrons. The van der Waals surface area contributed by atoms with Gasteiger partial charge in [0.1, 0.15) is 11.3 Å². The number of carbonyl (C=O) groups is 1. The van der Waals surface area contributed by atoms with E-state index in [0.717, 1.165) is 16.7 Å². The van der Waals surface area contributed by atoms with Crippen molar-refractivity contribution in [1.82, 2.24) is 9.88 Å². The topological polar surface area (TPSA) is 94.8 Å². The number of ether oxygens (including phenoxy) is 1. The van der Waals surface area contributed by atoms with Gasteiger partial charge in [-0.1, -0.05) is 48.5 Å². The number of pyridine rings is 1. The van der Waals surface area contributed by atoms with Crippen LogP contribution in [0.3, 0.4) is 0 Å². The monoisotopic (exact) mass is 539 g/mol. The number of amides is 1. The van der Waals surface area contributed by atoms with Crippen molar-refractivity contribution in [2.45, 2.75) is 90.9 Å². The molecule has 1 aliphatic heterocycles. The molecule has 0 radical (unpaired) electrons. The molecule has 8 nitrogen and oxygen atoms in total. The van der Waals surface area contributed by atoms with Crippen LogP contribution in [0.1, 0.15) is 82.8 Å². The number of methoxy groups -OCH3 is 1. The molecule has 1 amide bonds. The first-order valence-corrected chi connectivity index (χ1v) is 15.5. The summed E-state index contributed by atoms with van der Waals surface area (Å²) in [6.45, 7) is 16.9. The van der Waals surface area contributed by atoms with Crippen LogP contribution in [-0.4, -0.2) is 42.2 Å². The first-order chi connectivity index (χ1) is 17.9. The number of nitro benzene ring substituents is 1. The fraction of sp³-hybridized carbons (Fsp3) is 0.517. The van der Waals surface area contributed by atoms with E-state index in [1.54, 1.807) is 36.5 Å². The molecule has 38 heavy (non-hydrogen) atoms. The molecular formula is C29H41N3O5Si. The van der Waals surface area contributed by atoms with Crippen molar-refractivity contribution in [2.75, 3.05) is 7.11 Å². The molecule has 0 fully saturated rings. The second kappa shape index (κ2) is 11.7. The predicted octanol–water partition coefficient (Wildman–Crippen LogP) is 7.53. The van der Waals surface area contributed by atoms with Gasteiger partial charge in [-0.05, 0) is 65.2 Å². The molecule has 0 saturated carbocycles. The summed E-state index contributed by atoms with van der Waals surface area (Å²) < 4.78 is 11.9. The Morgan fingerprint density at radius 3 is 2.26 bits per heavy atom. The van der Waals surface area contributed by atoms with Gasteiger partial charge in [-0.25, -0.2) is 4.98 Å². The molecule has 0 aliphatic carbocycles. The van der Waals surface area contributed by atoms with Crippen LogP contribution in [0, 0.1) is 17.0 Å². The van der Waals surface area contributed by atoms with E-state index in [-0.39, 0.29) is 23.2 Å². The first kappa shape index (κ1) is 29.4. The Balaban J connectivity index is 2.04. The molecule has 1 aromatic carbocycles. The zero-order chi connectivity index (χ0) is 28.4. The van der Waals surface area contributed by atoms with Crippen molar-refractivity contribution >= 4 is 25.5 Å². The van der Waals surface area contributed by atoms with E-state index in [4.69, 9.17) is 9.16 Å². The molecule has 9 heteroatoms. The van der Waals surface area contributed by atoms with Gasteiger partial charge < -0.3 is 14.1 Å². The van der Waals surface area contributed by atoms with E-state index in [2.05, 4.69) is 46.5 Å². The summed E-state index contributed by atoms with van der Waals surface area (Å²) in [5.74, 6) is 0.639. The molecule has 3 rings (SSSR count). The molecule has 0 N–H and O–H groups in total. The van der Waals surface area contributed by atoms with Gasteiger partial charge >= 0.3 is 0 Å². The van der Waals surface area contributed by atoms with Crippen LogP contribution in [0.25, 0.3) is 5.57 Å². The number of hydrogen-bond acceptors (Lipinski definition) is 6. The van der Waals surface area contributed by atoms with Crippen LogP contribution in [0.5, 0.6) is 11.6 Å². The maximum absolute atomic E-state index is 13.8. The van der Waals surface area contributed by atoms with Gasteiger partial charge in [0, 0.05) is 24.5 Å². The zero-order valence-electron chi connectivity index (χ0n) is 24.1. The largest absolute Gasteiger partial charge is 0.542 e. The van der Waals surface area contributed by atoms with Crippen LogP contribution in [0.4, 0.5) is 5.69 Å². The Kier molecular flexibility index (Phi) is 9.02.